The third-order valence-electron chi connectivity index (χ3n) is 4.16. The molecular formula is C23H25N3O2S. The van der Waals surface area contributed by atoms with Gasteiger partial charge in [0.2, 0.25) is 5.44 Å². The number of carbonyl (C=O) groups is 1. The predicted octanol–water partition coefficient (Wildman–Crippen LogP) is 2.31. The Morgan fingerprint density at radius 1 is 1.41 bits per heavy atom. The number of allylic oxidation sites excluding steroid dienone is 2. The molecule has 2 aromatic heterocycles. The molecule has 0 aliphatic heterocycles. The molecule has 0 spiro atoms. The minimum Gasteiger partial charge on any atom is -0.470 e. The molecule has 2 heterocycles. The van der Waals surface area contributed by atoms with Gasteiger partial charge < -0.3 is 10.1 Å². The van der Waals surface area contributed by atoms with E-state index in [1.54, 1.807) is 30.6 Å². The lowest BCUT2D eigenvalue weighted by molar-refractivity contribution is -0.127. The number of hydrogen-bond donors (Lipinski definition) is 1. The van der Waals surface area contributed by atoms with E-state index in [1.807, 2.05) is 45.2 Å². The van der Waals surface area contributed by atoms with E-state index in [0.29, 0.717) is 16.7 Å². The molecule has 0 aromatic carbocycles. The molecule has 1 atom stereocenters. The van der Waals surface area contributed by atoms with Crippen LogP contribution in [0.2, 0.25) is 0 Å². The zero-order valence-corrected chi connectivity index (χ0v) is 17.9. The molecule has 0 radical (unpaired) electrons. The van der Waals surface area contributed by atoms with Crippen molar-refractivity contribution in [2.24, 2.45) is 0 Å². The third-order valence-corrected chi connectivity index (χ3v) is 4.90. The number of aromatic nitrogens is 2. The monoisotopic (exact) mass is 407 g/mol. The van der Waals surface area contributed by atoms with Crippen LogP contribution in [0.15, 0.2) is 48.5 Å². The fourth-order valence-corrected chi connectivity index (χ4v) is 3.03. The number of thioether (sulfide) groups is 1. The molecule has 0 aliphatic carbocycles. The zero-order chi connectivity index (χ0) is 21.4. The lowest BCUT2D eigenvalue weighted by Gasteiger charge is -2.28. The number of terminal acetylenes is 1. The van der Waals surface area contributed by atoms with Gasteiger partial charge in [-0.1, -0.05) is 18.6 Å². The topological polar surface area (TPSA) is 64.1 Å². The van der Waals surface area contributed by atoms with Crippen LogP contribution in [0.4, 0.5) is 0 Å². The first kappa shape index (κ1) is 22.3. The maximum atomic E-state index is 12.9. The van der Waals surface area contributed by atoms with Crippen molar-refractivity contribution >= 4 is 30.3 Å². The molecule has 150 valence electrons. The normalized spacial score (nSPS) is 13.5. The van der Waals surface area contributed by atoms with Crippen LogP contribution in [0.25, 0.3) is 12.7 Å². The number of pyridine rings is 2. The molecule has 0 fully saturated rings. The summed E-state index contributed by atoms with van der Waals surface area (Å²) in [5.74, 6) is 2.83. The van der Waals surface area contributed by atoms with Gasteiger partial charge >= 0.3 is 0 Å². The Morgan fingerprint density at radius 2 is 2.17 bits per heavy atom. The molecule has 5 nitrogen and oxygen atoms in total. The fraction of sp³-hybridized carbons (Fsp3) is 0.261. The Balaban J connectivity index is 2.21. The molecule has 0 bridgehead atoms. The first-order valence-corrected chi connectivity index (χ1v) is 10.3. The SMILES string of the molecule is C#Cc1cnc(=C)/c(=C\C(=C/C)OC(SC)C(=O)NC(C)(C)c2ccccn2)c1. The van der Waals surface area contributed by atoms with Crippen LogP contribution in [0.5, 0.6) is 0 Å². The van der Waals surface area contributed by atoms with Crippen LogP contribution in [-0.4, -0.2) is 27.6 Å². The highest BCUT2D eigenvalue weighted by molar-refractivity contribution is 7.99. The van der Waals surface area contributed by atoms with E-state index < -0.39 is 11.0 Å². The van der Waals surface area contributed by atoms with E-state index in [4.69, 9.17) is 11.2 Å². The van der Waals surface area contributed by atoms with Crippen molar-refractivity contribution in [1.82, 2.24) is 15.3 Å². The summed E-state index contributed by atoms with van der Waals surface area (Å²) < 4.78 is 5.95. The number of hydrogen-bond acceptors (Lipinski definition) is 5. The second kappa shape index (κ2) is 9.94. The highest BCUT2D eigenvalue weighted by Gasteiger charge is 2.29. The summed E-state index contributed by atoms with van der Waals surface area (Å²) in [5.41, 5.74) is 0.0406. The average molecular weight is 408 g/mol. The highest BCUT2D eigenvalue weighted by atomic mass is 32.2. The van der Waals surface area contributed by atoms with Crippen LogP contribution in [-0.2, 0) is 15.1 Å². The van der Waals surface area contributed by atoms with Crippen LogP contribution < -0.4 is 15.9 Å². The van der Waals surface area contributed by atoms with Gasteiger partial charge in [0.15, 0.2) is 0 Å². The van der Waals surface area contributed by atoms with E-state index in [9.17, 15) is 4.79 Å². The Hall–Kier alpha value is -3.04. The lowest BCUT2D eigenvalue weighted by Crippen LogP contribution is -2.46. The third kappa shape index (κ3) is 5.97. The van der Waals surface area contributed by atoms with Crippen molar-refractivity contribution in [1.29, 1.82) is 0 Å². The molecule has 0 saturated heterocycles. The maximum absolute atomic E-state index is 12.9. The molecule has 0 aliphatic rings. The summed E-state index contributed by atoms with van der Waals surface area (Å²) in [6, 6.07) is 7.41. The van der Waals surface area contributed by atoms with Gasteiger partial charge in [0, 0.05) is 23.2 Å². The number of rotatable bonds is 7. The summed E-state index contributed by atoms with van der Waals surface area (Å²) in [6.07, 6.45) is 14.1. The van der Waals surface area contributed by atoms with Crippen LogP contribution >= 0.6 is 11.8 Å². The molecule has 2 aromatic rings. The van der Waals surface area contributed by atoms with Crippen molar-refractivity contribution in [3.05, 3.63) is 70.3 Å². The molecule has 0 saturated carbocycles. The van der Waals surface area contributed by atoms with Crippen molar-refractivity contribution in [2.45, 2.75) is 31.7 Å². The van der Waals surface area contributed by atoms with Gasteiger partial charge in [0.25, 0.3) is 5.91 Å². The van der Waals surface area contributed by atoms with Gasteiger partial charge in [-0.15, -0.1) is 18.2 Å². The van der Waals surface area contributed by atoms with E-state index in [-0.39, 0.29) is 5.91 Å². The highest BCUT2D eigenvalue weighted by Crippen LogP contribution is 2.20. The number of nitrogens with one attached hydrogen (secondary N) is 1. The fourth-order valence-electron chi connectivity index (χ4n) is 2.55. The largest absolute Gasteiger partial charge is 0.470 e. The number of amides is 1. The first-order valence-electron chi connectivity index (χ1n) is 9.03. The summed E-state index contributed by atoms with van der Waals surface area (Å²) in [4.78, 5) is 21.4. The zero-order valence-electron chi connectivity index (χ0n) is 17.1. The van der Waals surface area contributed by atoms with E-state index in [2.05, 4.69) is 27.8 Å². The first-order chi connectivity index (χ1) is 13.8. The van der Waals surface area contributed by atoms with Gasteiger partial charge in [-0.25, -0.2) is 0 Å². The van der Waals surface area contributed by atoms with Gasteiger partial charge in [-0.05, 0) is 57.4 Å². The van der Waals surface area contributed by atoms with Crippen molar-refractivity contribution in [3.63, 3.8) is 0 Å². The molecule has 1 unspecified atom stereocenters. The van der Waals surface area contributed by atoms with Crippen LogP contribution in [0.3, 0.4) is 0 Å². The number of ether oxygens (including phenoxy) is 1. The van der Waals surface area contributed by atoms with Gasteiger partial charge in [-0.2, -0.15) is 0 Å². The molecule has 2 rings (SSSR count). The summed E-state index contributed by atoms with van der Waals surface area (Å²) in [5, 5.41) is 4.32. The van der Waals surface area contributed by atoms with E-state index >= 15 is 0 Å². The van der Waals surface area contributed by atoms with E-state index in [0.717, 1.165) is 10.9 Å². The minimum atomic E-state index is -0.738. The lowest BCUT2D eigenvalue weighted by atomic mass is 10.00. The summed E-state index contributed by atoms with van der Waals surface area (Å²) in [7, 11) is 0. The molecule has 29 heavy (non-hydrogen) atoms. The minimum absolute atomic E-state index is 0.244. The Labute approximate surface area is 176 Å². The van der Waals surface area contributed by atoms with Gasteiger partial charge in [0.05, 0.1) is 16.6 Å². The maximum Gasteiger partial charge on any atom is 0.272 e. The Morgan fingerprint density at radius 3 is 2.76 bits per heavy atom. The quantitative estimate of drug-likeness (QED) is 0.434. The van der Waals surface area contributed by atoms with Crippen LogP contribution in [0.1, 0.15) is 32.0 Å². The molecular weight excluding hydrogens is 382 g/mol. The van der Waals surface area contributed by atoms with Crippen LogP contribution in [0, 0.1) is 12.3 Å². The van der Waals surface area contributed by atoms with Crippen molar-refractivity contribution in [3.8, 4) is 12.3 Å². The Kier molecular flexibility index (Phi) is 7.63. The Bertz CT molecular complexity index is 1040. The average Bonchev–Trinajstić information content (AvgIpc) is 2.72. The predicted molar refractivity (Wildman–Crippen MR) is 119 cm³/mol. The summed E-state index contributed by atoms with van der Waals surface area (Å²) >= 11 is 1.30. The van der Waals surface area contributed by atoms with Gasteiger partial charge in [0.1, 0.15) is 5.76 Å². The summed E-state index contributed by atoms with van der Waals surface area (Å²) in [6.45, 7) is 9.55. The molecule has 6 heteroatoms. The number of nitrogens with zero attached hydrogens (tertiary/aromatic N) is 2. The van der Waals surface area contributed by atoms with E-state index in [1.165, 1.54) is 11.8 Å². The van der Waals surface area contributed by atoms with Crippen molar-refractivity contribution in [2.75, 3.05) is 6.26 Å². The molecule has 1 amide bonds. The van der Waals surface area contributed by atoms with Crippen molar-refractivity contribution < 1.29 is 9.53 Å². The number of carbonyl (C=O) groups excluding carboxylic acids is 1. The smallest absolute Gasteiger partial charge is 0.272 e. The second-order valence-corrected chi connectivity index (χ2v) is 7.65. The standard InChI is InChI=1S/C23H25N3O2S/c1-7-17-13-18(16(3)25-15-17)14-19(8-2)28-22(29-6)21(27)26-23(4,5)20-11-9-10-12-24-20/h1,8-15,22H,3H2,2,4-6H3,(H,26,27)/b18-14-,19-8+. The second-order valence-electron chi connectivity index (χ2n) is 6.75. The molecule has 1 N–H and O–H groups in total. The van der Waals surface area contributed by atoms with Gasteiger partial charge in [-0.3, -0.25) is 14.8 Å².